The van der Waals surface area contributed by atoms with Crippen LogP contribution in [0.25, 0.3) is 0 Å². The highest BCUT2D eigenvalue weighted by atomic mass is 16.3. The number of fused-ring (bicyclic) bond motifs is 1. The molecule has 0 amide bonds. The maximum Gasteiger partial charge on any atom is 0.130 e. The second kappa shape index (κ2) is 5.94. The van der Waals surface area contributed by atoms with Crippen molar-refractivity contribution in [3.05, 3.63) is 41.3 Å². The molecule has 2 aromatic heterocycles. The zero-order chi connectivity index (χ0) is 15.8. The molecular weight excluding hydrogens is 290 g/mol. The Hall–Kier alpha value is -1.92. The van der Waals surface area contributed by atoms with Crippen LogP contribution in [-0.4, -0.2) is 38.4 Å². The molecular formula is C17H23N5O. The molecule has 0 radical (unpaired) electrons. The molecule has 23 heavy (non-hydrogen) atoms. The average Bonchev–Trinajstić information content (AvgIpc) is 3.34. The van der Waals surface area contributed by atoms with E-state index in [4.69, 9.17) is 0 Å². The Morgan fingerprint density at radius 3 is 3.04 bits per heavy atom. The standard InChI is InChI=1S/C17H23N5O/c1-18-17-13(3-2-6-19-17)10-21-7-8-22-14(11-21)9-15(20-22)16(23)12-4-5-12/h2-3,6,9,12,16,23H,4-5,7-8,10-11H2,1H3,(H,18,19)/t16-/m1/s1. The molecule has 2 aliphatic rings. The van der Waals surface area contributed by atoms with E-state index in [9.17, 15) is 5.11 Å². The number of aliphatic hydroxyl groups is 1. The topological polar surface area (TPSA) is 66.2 Å². The zero-order valence-electron chi connectivity index (χ0n) is 13.4. The molecule has 2 N–H and O–H groups in total. The van der Waals surface area contributed by atoms with Crippen molar-refractivity contribution >= 4 is 5.82 Å². The normalized spacial score (nSPS) is 19.4. The van der Waals surface area contributed by atoms with E-state index >= 15 is 0 Å². The highest BCUT2D eigenvalue weighted by Crippen LogP contribution is 2.40. The SMILES string of the molecule is CNc1ncccc1CN1CCn2nc([C@H](O)C3CC3)cc2C1. The minimum absolute atomic E-state index is 0.379. The first kappa shape index (κ1) is 14.7. The van der Waals surface area contributed by atoms with E-state index in [0.29, 0.717) is 5.92 Å². The number of hydrogen-bond acceptors (Lipinski definition) is 5. The van der Waals surface area contributed by atoms with Crippen molar-refractivity contribution in [3.8, 4) is 0 Å². The lowest BCUT2D eigenvalue weighted by molar-refractivity contribution is 0.147. The van der Waals surface area contributed by atoms with Gasteiger partial charge < -0.3 is 10.4 Å². The van der Waals surface area contributed by atoms with Crippen LogP contribution in [0.15, 0.2) is 24.4 Å². The van der Waals surface area contributed by atoms with Crippen LogP contribution in [0.2, 0.25) is 0 Å². The van der Waals surface area contributed by atoms with Crippen LogP contribution >= 0.6 is 0 Å². The number of aromatic nitrogens is 3. The van der Waals surface area contributed by atoms with E-state index in [1.54, 1.807) is 0 Å². The number of rotatable bonds is 5. The maximum atomic E-state index is 10.3. The molecule has 1 aliphatic heterocycles. The highest BCUT2D eigenvalue weighted by molar-refractivity contribution is 5.42. The van der Waals surface area contributed by atoms with Crippen LogP contribution in [0, 0.1) is 5.92 Å². The average molecular weight is 313 g/mol. The fourth-order valence-corrected chi connectivity index (χ4v) is 3.31. The van der Waals surface area contributed by atoms with Gasteiger partial charge in [-0.1, -0.05) is 6.07 Å². The van der Waals surface area contributed by atoms with Crippen molar-refractivity contribution in [2.24, 2.45) is 5.92 Å². The van der Waals surface area contributed by atoms with Gasteiger partial charge in [0.1, 0.15) is 11.9 Å². The van der Waals surface area contributed by atoms with E-state index in [1.807, 2.05) is 19.3 Å². The quantitative estimate of drug-likeness (QED) is 0.881. The summed E-state index contributed by atoms with van der Waals surface area (Å²) in [5.41, 5.74) is 3.25. The molecule has 0 saturated heterocycles. The molecule has 0 bridgehead atoms. The number of anilines is 1. The lowest BCUT2D eigenvalue weighted by Crippen LogP contribution is -2.33. The molecule has 4 rings (SSSR count). The summed E-state index contributed by atoms with van der Waals surface area (Å²) in [4.78, 5) is 6.78. The van der Waals surface area contributed by atoms with Gasteiger partial charge in [0.2, 0.25) is 0 Å². The van der Waals surface area contributed by atoms with Gasteiger partial charge in [0.05, 0.1) is 17.9 Å². The van der Waals surface area contributed by atoms with Gasteiger partial charge in [-0.2, -0.15) is 5.10 Å². The Balaban J connectivity index is 1.48. The van der Waals surface area contributed by atoms with E-state index < -0.39 is 0 Å². The number of pyridine rings is 1. The largest absolute Gasteiger partial charge is 0.386 e. The Morgan fingerprint density at radius 1 is 1.39 bits per heavy atom. The fourth-order valence-electron chi connectivity index (χ4n) is 3.31. The van der Waals surface area contributed by atoms with Gasteiger partial charge in [0, 0.05) is 38.4 Å². The first-order valence-corrected chi connectivity index (χ1v) is 8.33. The molecule has 0 aromatic carbocycles. The molecule has 0 unspecified atom stereocenters. The van der Waals surface area contributed by atoms with Gasteiger partial charge in [-0.05, 0) is 30.9 Å². The Bertz CT molecular complexity index is 694. The smallest absolute Gasteiger partial charge is 0.130 e. The van der Waals surface area contributed by atoms with Gasteiger partial charge >= 0.3 is 0 Å². The van der Waals surface area contributed by atoms with E-state index in [2.05, 4.69) is 37.1 Å². The first-order valence-electron chi connectivity index (χ1n) is 8.33. The molecule has 1 aliphatic carbocycles. The van der Waals surface area contributed by atoms with Gasteiger partial charge in [-0.15, -0.1) is 0 Å². The second-order valence-corrected chi connectivity index (χ2v) is 6.54. The molecule has 1 atom stereocenters. The molecule has 122 valence electrons. The van der Waals surface area contributed by atoms with Gasteiger partial charge in [0.25, 0.3) is 0 Å². The molecule has 3 heterocycles. The van der Waals surface area contributed by atoms with Gasteiger partial charge in [-0.25, -0.2) is 4.98 Å². The van der Waals surface area contributed by atoms with E-state index in [1.165, 1.54) is 11.3 Å². The summed E-state index contributed by atoms with van der Waals surface area (Å²) in [5.74, 6) is 1.37. The summed E-state index contributed by atoms with van der Waals surface area (Å²) < 4.78 is 2.06. The van der Waals surface area contributed by atoms with Crippen LogP contribution in [0.5, 0.6) is 0 Å². The van der Waals surface area contributed by atoms with Gasteiger partial charge in [-0.3, -0.25) is 9.58 Å². The Labute approximate surface area is 136 Å². The lowest BCUT2D eigenvalue weighted by atomic mass is 10.1. The summed E-state index contributed by atoms with van der Waals surface area (Å²) in [6.45, 7) is 3.58. The molecule has 2 aromatic rings. The van der Waals surface area contributed by atoms with Crippen LogP contribution < -0.4 is 5.32 Å². The minimum Gasteiger partial charge on any atom is -0.386 e. The van der Waals surface area contributed by atoms with E-state index in [-0.39, 0.29) is 6.10 Å². The molecule has 0 spiro atoms. The van der Waals surface area contributed by atoms with Crippen molar-refractivity contribution in [1.29, 1.82) is 0 Å². The Kier molecular flexibility index (Phi) is 3.79. The monoisotopic (exact) mass is 313 g/mol. The zero-order valence-corrected chi connectivity index (χ0v) is 13.4. The van der Waals surface area contributed by atoms with Crippen LogP contribution in [0.3, 0.4) is 0 Å². The third kappa shape index (κ3) is 2.96. The molecule has 1 fully saturated rings. The van der Waals surface area contributed by atoms with Crippen molar-refractivity contribution in [1.82, 2.24) is 19.7 Å². The predicted octanol–water partition coefficient (Wildman–Crippen LogP) is 1.78. The van der Waals surface area contributed by atoms with Crippen molar-refractivity contribution in [3.63, 3.8) is 0 Å². The highest BCUT2D eigenvalue weighted by Gasteiger charge is 2.33. The number of hydrogen-bond donors (Lipinski definition) is 2. The summed E-state index contributed by atoms with van der Waals surface area (Å²) in [5, 5.41) is 18.0. The fraction of sp³-hybridized carbons (Fsp3) is 0.529. The third-order valence-corrected chi connectivity index (χ3v) is 4.79. The van der Waals surface area contributed by atoms with Crippen molar-refractivity contribution < 1.29 is 5.11 Å². The summed E-state index contributed by atoms with van der Waals surface area (Å²) in [6, 6.07) is 6.18. The number of nitrogens with one attached hydrogen (secondary N) is 1. The van der Waals surface area contributed by atoms with Gasteiger partial charge in [0.15, 0.2) is 0 Å². The van der Waals surface area contributed by atoms with E-state index in [0.717, 1.165) is 50.5 Å². The van der Waals surface area contributed by atoms with Crippen LogP contribution in [0.1, 0.15) is 35.9 Å². The molecule has 6 heteroatoms. The maximum absolute atomic E-state index is 10.3. The third-order valence-electron chi connectivity index (χ3n) is 4.79. The number of aliphatic hydroxyl groups excluding tert-OH is 1. The minimum atomic E-state index is -0.379. The van der Waals surface area contributed by atoms with Crippen LogP contribution in [0.4, 0.5) is 5.82 Å². The van der Waals surface area contributed by atoms with Crippen LogP contribution in [-0.2, 0) is 19.6 Å². The predicted molar refractivity (Wildman–Crippen MR) is 87.8 cm³/mol. The first-order chi connectivity index (χ1) is 11.2. The molecule has 1 saturated carbocycles. The summed E-state index contributed by atoms with van der Waals surface area (Å²) in [6.07, 6.45) is 3.69. The summed E-state index contributed by atoms with van der Waals surface area (Å²) >= 11 is 0. The number of nitrogens with zero attached hydrogens (tertiary/aromatic N) is 4. The lowest BCUT2D eigenvalue weighted by Gasteiger charge is -2.27. The Morgan fingerprint density at radius 2 is 2.26 bits per heavy atom. The second-order valence-electron chi connectivity index (χ2n) is 6.54. The summed E-state index contributed by atoms with van der Waals surface area (Å²) in [7, 11) is 1.91. The van der Waals surface area contributed by atoms with Crippen molar-refractivity contribution in [2.75, 3.05) is 18.9 Å². The molecule has 6 nitrogen and oxygen atoms in total. The van der Waals surface area contributed by atoms with Crippen molar-refractivity contribution in [2.45, 2.75) is 38.6 Å².